The van der Waals surface area contributed by atoms with E-state index in [1.54, 1.807) is 38.1 Å². The second-order valence-corrected chi connectivity index (χ2v) is 9.55. The number of aliphatic carboxylic acids is 2. The Morgan fingerprint density at radius 3 is 1.92 bits per heavy atom. The van der Waals surface area contributed by atoms with Gasteiger partial charge >= 0.3 is 11.9 Å². The largest absolute Gasteiger partial charge is 0.481 e. The maximum Gasteiger partial charge on any atom is 0.326 e. The summed E-state index contributed by atoms with van der Waals surface area (Å²) in [6.45, 7) is 7.18. The van der Waals surface area contributed by atoms with Gasteiger partial charge < -0.3 is 31.9 Å². The highest BCUT2D eigenvalue weighted by molar-refractivity contribution is 5.94. The predicted molar refractivity (Wildman–Crippen MR) is 133 cm³/mol. The van der Waals surface area contributed by atoms with Gasteiger partial charge in [-0.1, -0.05) is 58.0 Å². The molecule has 0 aromatic heterocycles. The Bertz CT molecular complexity index is 905. The second kappa shape index (κ2) is 14.8. The summed E-state index contributed by atoms with van der Waals surface area (Å²) in [5, 5.41) is 25.8. The summed E-state index contributed by atoms with van der Waals surface area (Å²) in [6, 6.07) is 4.61. The standard InChI is InChI=1S/C25H38N4O7/c1-14(2)12-17(26)22(32)28-19(13-16-8-6-5-7-9-16)23(33)29-21(15(3)4)24(34)27-18(25(35)36)10-11-20(30)31/h5-9,14-15,17-19,21H,10-13,26H2,1-4H3,(H,27,34)(H,28,32)(H,29,33)(H,30,31)(H,35,36). The van der Waals surface area contributed by atoms with Crippen LogP contribution in [0.1, 0.15) is 52.5 Å². The van der Waals surface area contributed by atoms with Crippen LogP contribution < -0.4 is 21.7 Å². The van der Waals surface area contributed by atoms with Gasteiger partial charge in [-0.15, -0.1) is 0 Å². The van der Waals surface area contributed by atoms with Crippen LogP contribution in [0.25, 0.3) is 0 Å². The molecular weight excluding hydrogens is 468 g/mol. The zero-order valence-corrected chi connectivity index (χ0v) is 21.2. The molecule has 4 unspecified atom stereocenters. The Labute approximate surface area is 211 Å². The van der Waals surface area contributed by atoms with Gasteiger partial charge in [0.15, 0.2) is 0 Å². The van der Waals surface area contributed by atoms with E-state index in [0.29, 0.717) is 6.42 Å². The molecule has 4 atom stereocenters. The van der Waals surface area contributed by atoms with Gasteiger partial charge in [-0.05, 0) is 30.2 Å². The molecule has 200 valence electrons. The topological polar surface area (TPSA) is 188 Å². The van der Waals surface area contributed by atoms with Crippen LogP contribution in [-0.4, -0.2) is 64.0 Å². The molecular formula is C25H38N4O7. The van der Waals surface area contributed by atoms with Gasteiger partial charge in [0.2, 0.25) is 17.7 Å². The Hall–Kier alpha value is -3.47. The molecule has 0 aliphatic rings. The molecule has 0 radical (unpaired) electrons. The number of hydrogen-bond acceptors (Lipinski definition) is 6. The smallest absolute Gasteiger partial charge is 0.326 e. The minimum Gasteiger partial charge on any atom is -0.481 e. The third-order valence-electron chi connectivity index (χ3n) is 5.49. The molecule has 11 heteroatoms. The monoisotopic (exact) mass is 506 g/mol. The van der Waals surface area contributed by atoms with Gasteiger partial charge in [0.1, 0.15) is 18.1 Å². The number of carbonyl (C=O) groups excluding carboxylic acids is 3. The van der Waals surface area contributed by atoms with Gasteiger partial charge in [-0.25, -0.2) is 4.79 Å². The minimum absolute atomic E-state index is 0.148. The van der Waals surface area contributed by atoms with Gasteiger partial charge in [-0.3, -0.25) is 19.2 Å². The van der Waals surface area contributed by atoms with Crippen molar-refractivity contribution in [2.24, 2.45) is 17.6 Å². The van der Waals surface area contributed by atoms with E-state index in [4.69, 9.17) is 10.8 Å². The molecule has 36 heavy (non-hydrogen) atoms. The molecule has 0 saturated carbocycles. The first-order valence-corrected chi connectivity index (χ1v) is 12.0. The number of carboxylic acids is 2. The number of carbonyl (C=O) groups is 5. The van der Waals surface area contributed by atoms with Crippen molar-refractivity contribution in [3.05, 3.63) is 35.9 Å². The number of benzene rings is 1. The summed E-state index contributed by atoms with van der Waals surface area (Å²) in [7, 11) is 0. The summed E-state index contributed by atoms with van der Waals surface area (Å²) in [4.78, 5) is 61.1. The lowest BCUT2D eigenvalue weighted by molar-refractivity contribution is -0.143. The Balaban J connectivity index is 3.05. The first kappa shape index (κ1) is 30.6. The Kier molecular flexibility index (Phi) is 12.6. The third kappa shape index (κ3) is 10.9. The molecule has 0 saturated heterocycles. The fraction of sp³-hybridized carbons (Fsp3) is 0.560. The number of amides is 3. The lowest BCUT2D eigenvalue weighted by Crippen LogP contribution is -2.59. The number of nitrogens with two attached hydrogens (primary N) is 1. The summed E-state index contributed by atoms with van der Waals surface area (Å²) in [5.41, 5.74) is 6.76. The minimum atomic E-state index is -1.43. The maximum absolute atomic E-state index is 13.2. The van der Waals surface area contributed by atoms with Crippen molar-refractivity contribution in [3.8, 4) is 0 Å². The van der Waals surface area contributed by atoms with Crippen molar-refractivity contribution in [1.29, 1.82) is 0 Å². The highest BCUT2D eigenvalue weighted by Crippen LogP contribution is 2.09. The van der Waals surface area contributed by atoms with E-state index in [-0.39, 0.29) is 18.8 Å². The molecule has 1 rings (SSSR count). The summed E-state index contributed by atoms with van der Waals surface area (Å²) >= 11 is 0. The molecule has 0 aliphatic carbocycles. The SMILES string of the molecule is CC(C)CC(N)C(=O)NC(Cc1ccccc1)C(=O)NC(C(=O)NC(CCC(=O)O)C(=O)O)C(C)C. The van der Waals surface area contributed by atoms with Crippen LogP contribution in [0.4, 0.5) is 0 Å². The van der Waals surface area contributed by atoms with E-state index in [9.17, 15) is 29.1 Å². The van der Waals surface area contributed by atoms with Crippen molar-refractivity contribution in [1.82, 2.24) is 16.0 Å². The lowest BCUT2D eigenvalue weighted by atomic mass is 9.99. The van der Waals surface area contributed by atoms with Crippen LogP contribution >= 0.6 is 0 Å². The molecule has 0 fully saturated rings. The van der Waals surface area contributed by atoms with Crippen molar-refractivity contribution >= 4 is 29.7 Å². The van der Waals surface area contributed by atoms with Gasteiger partial charge in [0, 0.05) is 12.8 Å². The molecule has 3 amide bonds. The highest BCUT2D eigenvalue weighted by Gasteiger charge is 2.32. The number of rotatable bonds is 15. The van der Waals surface area contributed by atoms with E-state index in [2.05, 4.69) is 16.0 Å². The first-order valence-electron chi connectivity index (χ1n) is 12.0. The first-order chi connectivity index (χ1) is 16.8. The third-order valence-corrected chi connectivity index (χ3v) is 5.49. The summed E-state index contributed by atoms with van der Waals surface area (Å²) in [6.07, 6.45) is -0.182. The van der Waals surface area contributed by atoms with E-state index in [1.807, 2.05) is 19.9 Å². The molecule has 1 aromatic rings. The van der Waals surface area contributed by atoms with E-state index in [1.165, 1.54) is 0 Å². The second-order valence-electron chi connectivity index (χ2n) is 9.55. The Morgan fingerprint density at radius 1 is 0.833 bits per heavy atom. The average molecular weight is 507 g/mol. The normalized spacial score (nSPS) is 14.4. The molecule has 11 nitrogen and oxygen atoms in total. The van der Waals surface area contributed by atoms with E-state index < -0.39 is 66.2 Å². The van der Waals surface area contributed by atoms with Crippen LogP contribution in [0.5, 0.6) is 0 Å². The van der Waals surface area contributed by atoms with Crippen molar-refractivity contribution in [2.45, 2.75) is 77.5 Å². The predicted octanol–water partition coefficient (Wildman–Crippen LogP) is 0.662. The van der Waals surface area contributed by atoms with Crippen LogP contribution in [0.15, 0.2) is 30.3 Å². The van der Waals surface area contributed by atoms with Crippen LogP contribution in [0.2, 0.25) is 0 Å². The van der Waals surface area contributed by atoms with Crippen LogP contribution in [-0.2, 0) is 30.4 Å². The molecule has 0 bridgehead atoms. The zero-order chi connectivity index (χ0) is 27.4. The Morgan fingerprint density at radius 2 is 1.42 bits per heavy atom. The molecule has 0 heterocycles. The quantitative estimate of drug-likeness (QED) is 0.200. The number of nitrogens with one attached hydrogen (secondary N) is 3. The van der Waals surface area contributed by atoms with Gasteiger partial charge in [0.25, 0.3) is 0 Å². The number of carboxylic acid groups (broad SMARTS) is 2. The highest BCUT2D eigenvalue weighted by atomic mass is 16.4. The van der Waals surface area contributed by atoms with Crippen LogP contribution in [0, 0.1) is 11.8 Å². The zero-order valence-electron chi connectivity index (χ0n) is 21.2. The summed E-state index contributed by atoms with van der Waals surface area (Å²) < 4.78 is 0. The van der Waals surface area contributed by atoms with Gasteiger partial charge in [0.05, 0.1) is 6.04 Å². The maximum atomic E-state index is 13.2. The van der Waals surface area contributed by atoms with Gasteiger partial charge in [-0.2, -0.15) is 0 Å². The van der Waals surface area contributed by atoms with Crippen LogP contribution in [0.3, 0.4) is 0 Å². The summed E-state index contributed by atoms with van der Waals surface area (Å²) in [5.74, 6) is -4.73. The molecule has 0 aliphatic heterocycles. The van der Waals surface area contributed by atoms with Crippen molar-refractivity contribution in [2.75, 3.05) is 0 Å². The van der Waals surface area contributed by atoms with Crippen molar-refractivity contribution < 1.29 is 34.2 Å². The molecule has 1 aromatic carbocycles. The fourth-order valence-electron chi connectivity index (χ4n) is 3.53. The lowest BCUT2D eigenvalue weighted by Gasteiger charge is -2.27. The fourth-order valence-corrected chi connectivity index (χ4v) is 3.53. The average Bonchev–Trinajstić information content (AvgIpc) is 2.78. The molecule has 0 spiro atoms. The van der Waals surface area contributed by atoms with Crippen molar-refractivity contribution in [3.63, 3.8) is 0 Å². The van der Waals surface area contributed by atoms with E-state index in [0.717, 1.165) is 5.56 Å². The number of hydrogen-bond donors (Lipinski definition) is 6. The molecule has 7 N–H and O–H groups in total. The van der Waals surface area contributed by atoms with E-state index >= 15 is 0 Å².